The van der Waals surface area contributed by atoms with Gasteiger partial charge < -0.3 is 20.1 Å². The van der Waals surface area contributed by atoms with Gasteiger partial charge in [-0.2, -0.15) is 0 Å². The predicted octanol–water partition coefficient (Wildman–Crippen LogP) is 3.48. The summed E-state index contributed by atoms with van der Waals surface area (Å²) in [4.78, 5) is 13.0. The summed E-state index contributed by atoms with van der Waals surface area (Å²) < 4.78 is 10.5. The lowest BCUT2D eigenvalue weighted by Gasteiger charge is -2.11. The van der Waals surface area contributed by atoms with E-state index in [4.69, 9.17) is 9.47 Å². The van der Waals surface area contributed by atoms with Crippen molar-refractivity contribution in [2.45, 2.75) is 6.42 Å². The van der Waals surface area contributed by atoms with Gasteiger partial charge in [0.05, 0.1) is 20.6 Å². The first kappa shape index (κ1) is 17.7. The normalized spacial score (nSPS) is 10.2. The minimum atomic E-state index is -0.123. The van der Waals surface area contributed by atoms with E-state index in [0.29, 0.717) is 29.6 Å². The Morgan fingerprint density at radius 3 is 2.46 bits per heavy atom. The molecule has 1 amide bonds. The molecule has 0 atom stereocenters. The number of carbonyl (C=O) groups excluding carboxylic acids is 1. The molecule has 0 aliphatic rings. The molecule has 3 aromatic rings. The number of ether oxygens (including phenoxy) is 2. The van der Waals surface area contributed by atoms with Crippen molar-refractivity contribution in [2.24, 2.45) is 0 Å². The number of anilines is 3. The second-order valence-corrected chi connectivity index (χ2v) is 6.34. The molecule has 2 N–H and O–H groups in total. The Morgan fingerprint density at radius 1 is 1.04 bits per heavy atom. The van der Waals surface area contributed by atoms with E-state index in [0.717, 1.165) is 10.6 Å². The second kappa shape index (κ2) is 8.30. The van der Waals surface area contributed by atoms with Crippen molar-refractivity contribution in [2.75, 3.05) is 24.9 Å². The van der Waals surface area contributed by atoms with Gasteiger partial charge in [0.2, 0.25) is 5.91 Å². The van der Waals surface area contributed by atoms with Crippen LogP contribution in [-0.2, 0) is 11.2 Å². The van der Waals surface area contributed by atoms with Crippen molar-refractivity contribution in [3.63, 3.8) is 0 Å². The summed E-state index contributed by atoms with van der Waals surface area (Å²) in [5.74, 6) is 2.09. The Kier molecular flexibility index (Phi) is 5.65. The van der Waals surface area contributed by atoms with Crippen molar-refractivity contribution in [3.05, 3.63) is 52.7 Å². The van der Waals surface area contributed by atoms with Crippen LogP contribution in [0, 0.1) is 0 Å². The fourth-order valence-electron chi connectivity index (χ4n) is 2.29. The molecule has 0 saturated heterocycles. The number of thiophene rings is 1. The third-order valence-corrected chi connectivity index (χ3v) is 4.38. The Hall–Kier alpha value is -3.13. The molecule has 0 aliphatic heterocycles. The number of hydrogen-bond donors (Lipinski definition) is 2. The Morgan fingerprint density at radius 2 is 1.81 bits per heavy atom. The molecule has 3 rings (SSSR count). The summed E-state index contributed by atoms with van der Waals surface area (Å²) in [6.45, 7) is 0. The molecule has 0 saturated carbocycles. The van der Waals surface area contributed by atoms with Crippen molar-refractivity contribution < 1.29 is 14.3 Å². The zero-order chi connectivity index (χ0) is 18.4. The molecule has 0 aliphatic carbocycles. The smallest absolute Gasteiger partial charge is 0.230 e. The zero-order valence-corrected chi connectivity index (χ0v) is 15.2. The van der Waals surface area contributed by atoms with E-state index in [-0.39, 0.29) is 5.91 Å². The first-order valence-corrected chi connectivity index (χ1v) is 8.71. The number of aromatic nitrogens is 2. The Labute approximate surface area is 155 Å². The topological polar surface area (TPSA) is 85.4 Å². The van der Waals surface area contributed by atoms with E-state index < -0.39 is 0 Å². The van der Waals surface area contributed by atoms with Crippen LogP contribution in [0.1, 0.15) is 4.88 Å². The highest BCUT2D eigenvalue weighted by Gasteiger charge is 2.08. The summed E-state index contributed by atoms with van der Waals surface area (Å²) >= 11 is 1.55. The van der Waals surface area contributed by atoms with E-state index in [1.54, 1.807) is 49.8 Å². The van der Waals surface area contributed by atoms with Crippen molar-refractivity contribution in [1.82, 2.24) is 10.2 Å². The predicted molar refractivity (Wildman–Crippen MR) is 102 cm³/mol. The molecule has 8 heteroatoms. The van der Waals surface area contributed by atoms with Gasteiger partial charge in [-0.25, -0.2) is 0 Å². The third-order valence-electron chi connectivity index (χ3n) is 3.50. The van der Waals surface area contributed by atoms with Crippen molar-refractivity contribution in [3.8, 4) is 11.5 Å². The average Bonchev–Trinajstić information content (AvgIpc) is 3.16. The number of nitrogens with zero attached hydrogens (tertiary/aromatic N) is 2. The van der Waals surface area contributed by atoms with Crippen LogP contribution in [0.3, 0.4) is 0 Å². The lowest BCUT2D eigenvalue weighted by molar-refractivity contribution is -0.115. The lowest BCUT2D eigenvalue weighted by Crippen LogP contribution is -2.15. The van der Waals surface area contributed by atoms with E-state index >= 15 is 0 Å². The second-order valence-electron chi connectivity index (χ2n) is 5.30. The molecule has 0 bridgehead atoms. The fraction of sp³-hybridized carbons (Fsp3) is 0.167. The number of carbonyl (C=O) groups is 1. The molecule has 0 radical (unpaired) electrons. The number of hydrogen-bond acceptors (Lipinski definition) is 7. The molecule has 0 spiro atoms. The van der Waals surface area contributed by atoms with Gasteiger partial charge in [0, 0.05) is 16.6 Å². The van der Waals surface area contributed by atoms with Crippen LogP contribution in [-0.4, -0.2) is 30.3 Å². The first-order valence-electron chi connectivity index (χ1n) is 7.83. The summed E-state index contributed by atoms with van der Waals surface area (Å²) in [5.41, 5.74) is 0.784. The van der Waals surface area contributed by atoms with Crippen LogP contribution in [0.25, 0.3) is 0 Å². The van der Waals surface area contributed by atoms with Gasteiger partial charge in [-0.3, -0.25) is 4.79 Å². The van der Waals surface area contributed by atoms with Gasteiger partial charge in [0.25, 0.3) is 0 Å². The SMILES string of the molecule is COc1ccc(Nc2ccc(NC(=O)Cc3cccs3)nn2)cc1OC. The van der Waals surface area contributed by atoms with E-state index in [1.807, 2.05) is 23.6 Å². The quantitative estimate of drug-likeness (QED) is 0.662. The summed E-state index contributed by atoms with van der Waals surface area (Å²) in [6.07, 6.45) is 0.324. The minimum absolute atomic E-state index is 0.123. The lowest BCUT2D eigenvalue weighted by atomic mass is 10.2. The highest BCUT2D eigenvalue weighted by atomic mass is 32.1. The monoisotopic (exact) mass is 370 g/mol. The average molecular weight is 370 g/mol. The summed E-state index contributed by atoms with van der Waals surface area (Å²) in [5, 5.41) is 15.9. The highest BCUT2D eigenvalue weighted by molar-refractivity contribution is 7.10. The summed E-state index contributed by atoms with van der Waals surface area (Å²) in [7, 11) is 3.16. The van der Waals surface area contributed by atoms with Crippen molar-refractivity contribution >= 4 is 34.6 Å². The van der Waals surface area contributed by atoms with Gasteiger partial charge in [-0.05, 0) is 35.7 Å². The van der Waals surface area contributed by atoms with E-state index in [1.165, 1.54) is 0 Å². The molecule has 1 aromatic carbocycles. The van der Waals surface area contributed by atoms with Crippen LogP contribution in [0.5, 0.6) is 11.5 Å². The first-order chi connectivity index (χ1) is 12.7. The summed E-state index contributed by atoms with van der Waals surface area (Å²) in [6, 6.07) is 12.7. The molecule has 0 unspecified atom stereocenters. The molecule has 0 fully saturated rings. The maximum Gasteiger partial charge on any atom is 0.230 e. The van der Waals surface area contributed by atoms with Gasteiger partial charge in [0.15, 0.2) is 23.1 Å². The van der Waals surface area contributed by atoms with Crippen LogP contribution < -0.4 is 20.1 Å². The van der Waals surface area contributed by atoms with E-state index in [2.05, 4.69) is 20.8 Å². The fourth-order valence-corrected chi connectivity index (χ4v) is 2.99. The molecule has 2 heterocycles. The highest BCUT2D eigenvalue weighted by Crippen LogP contribution is 2.30. The van der Waals surface area contributed by atoms with Crippen LogP contribution in [0.15, 0.2) is 47.8 Å². The molecule has 134 valence electrons. The van der Waals surface area contributed by atoms with E-state index in [9.17, 15) is 4.79 Å². The number of rotatable bonds is 7. The van der Waals surface area contributed by atoms with Crippen LogP contribution >= 0.6 is 11.3 Å². The molecular formula is C18H18N4O3S. The number of benzene rings is 1. The van der Waals surface area contributed by atoms with Crippen LogP contribution in [0.2, 0.25) is 0 Å². The number of nitrogens with one attached hydrogen (secondary N) is 2. The minimum Gasteiger partial charge on any atom is -0.493 e. The molecular weight excluding hydrogens is 352 g/mol. The van der Waals surface area contributed by atoms with Crippen LogP contribution in [0.4, 0.5) is 17.3 Å². The number of methoxy groups -OCH3 is 2. The Balaban J connectivity index is 1.61. The maximum atomic E-state index is 12.0. The van der Waals surface area contributed by atoms with Gasteiger partial charge in [-0.15, -0.1) is 21.5 Å². The van der Waals surface area contributed by atoms with Gasteiger partial charge in [-0.1, -0.05) is 6.07 Å². The number of amides is 1. The third kappa shape index (κ3) is 4.48. The van der Waals surface area contributed by atoms with Crippen molar-refractivity contribution in [1.29, 1.82) is 0 Å². The Bertz CT molecular complexity index is 867. The largest absolute Gasteiger partial charge is 0.493 e. The zero-order valence-electron chi connectivity index (χ0n) is 14.4. The molecule has 26 heavy (non-hydrogen) atoms. The van der Waals surface area contributed by atoms with Gasteiger partial charge in [0.1, 0.15) is 0 Å². The van der Waals surface area contributed by atoms with Gasteiger partial charge >= 0.3 is 0 Å². The standard InChI is InChI=1S/C18H18N4O3S/c1-24-14-6-5-12(10-15(14)25-2)19-16-7-8-17(22-21-16)20-18(23)11-13-4-3-9-26-13/h3-10H,11H2,1-2H3,(H,19,21)(H,20,22,23). The molecule has 7 nitrogen and oxygen atoms in total. The molecule has 2 aromatic heterocycles. The maximum absolute atomic E-state index is 12.0.